The Morgan fingerprint density at radius 2 is 1.91 bits per heavy atom. The molecule has 2 heterocycles. The first-order valence-electron chi connectivity index (χ1n) is 12.1. The van der Waals surface area contributed by atoms with Gasteiger partial charge in [0.2, 0.25) is 5.91 Å². The summed E-state index contributed by atoms with van der Waals surface area (Å²) in [5.74, 6) is 0.136. The van der Waals surface area contributed by atoms with Crippen LogP contribution in [0.3, 0.4) is 0 Å². The minimum absolute atomic E-state index is 0.118. The molecule has 0 spiro atoms. The fourth-order valence-corrected chi connectivity index (χ4v) is 6.12. The van der Waals surface area contributed by atoms with Gasteiger partial charge in [0, 0.05) is 29.4 Å². The van der Waals surface area contributed by atoms with Crippen LogP contribution >= 0.6 is 11.3 Å². The number of carbonyl (C=O) groups excluding carboxylic acids is 2. The summed E-state index contributed by atoms with van der Waals surface area (Å²) >= 11 is 1.51. The molecule has 2 amide bonds. The van der Waals surface area contributed by atoms with Gasteiger partial charge in [0.05, 0.1) is 11.1 Å². The van der Waals surface area contributed by atoms with E-state index in [9.17, 15) is 14.9 Å². The summed E-state index contributed by atoms with van der Waals surface area (Å²) in [6.07, 6.45) is 5.97. The number of hydrogen-bond donors (Lipinski definition) is 2. The topological polar surface area (TPSA) is 112 Å². The van der Waals surface area contributed by atoms with Crippen LogP contribution in [0.15, 0.2) is 16.3 Å². The molecule has 2 aliphatic rings. The Kier molecular flexibility index (Phi) is 8.19. The molecule has 3 N–H and O–H groups in total. The summed E-state index contributed by atoms with van der Waals surface area (Å²) in [4.78, 5) is 33.1. The molecule has 7 nitrogen and oxygen atoms in total. The Balaban J connectivity index is 1.71. The number of allylic oxidation sites excluding steroid dienone is 1. The van der Waals surface area contributed by atoms with E-state index in [0.29, 0.717) is 33.5 Å². The molecule has 184 valence electrons. The number of nitrogens with one attached hydrogen (secondary N) is 1. The van der Waals surface area contributed by atoms with Crippen molar-refractivity contribution in [2.45, 2.75) is 73.1 Å². The number of thiophene rings is 1. The lowest BCUT2D eigenvalue weighted by atomic mass is 9.72. The third kappa shape index (κ3) is 5.87. The van der Waals surface area contributed by atoms with Crippen LogP contribution in [-0.4, -0.2) is 42.1 Å². The molecule has 0 bridgehead atoms. The number of fused-ring (bicyclic) bond motifs is 1. The highest BCUT2D eigenvalue weighted by Crippen LogP contribution is 2.43. The molecular formula is C26H37N5O2S. The second-order valence-corrected chi connectivity index (χ2v) is 11.6. The van der Waals surface area contributed by atoms with Gasteiger partial charge in [0.15, 0.2) is 0 Å². The molecule has 1 aromatic heterocycles. The van der Waals surface area contributed by atoms with Crippen molar-refractivity contribution in [3.8, 4) is 6.07 Å². The van der Waals surface area contributed by atoms with Crippen LogP contribution in [-0.2, 0) is 22.4 Å². The number of hydrogen-bond acceptors (Lipinski definition) is 6. The van der Waals surface area contributed by atoms with E-state index in [2.05, 4.69) is 37.1 Å². The third-order valence-electron chi connectivity index (χ3n) is 6.93. The number of aliphatic imine (C=N–C) groups is 1. The van der Waals surface area contributed by atoms with Crippen LogP contribution in [0, 0.1) is 22.7 Å². The number of nitriles is 1. The molecule has 1 aliphatic heterocycles. The van der Waals surface area contributed by atoms with E-state index in [-0.39, 0.29) is 23.8 Å². The second kappa shape index (κ2) is 10.7. The molecule has 1 saturated heterocycles. The number of likely N-dealkylation sites (tertiary alicyclic amines) is 1. The molecule has 0 aromatic carbocycles. The van der Waals surface area contributed by atoms with Gasteiger partial charge in [0.1, 0.15) is 17.6 Å². The summed E-state index contributed by atoms with van der Waals surface area (Å²) in [5.41, 5.74) is 9.15. The van der Waals surface area contributed by atoms with Crippen LogP contribution in [0.4, 0.5) is 5.00 Å². The number of carbonyl (C=O) groups is 2. The molecule has 8 heteroatoms. The van der Waals surface area contributed by atoms with Gasteiger partial charge in [-0.15, -0.1) is 11.3 Å². The van der Waals surface area contributed by atoms with Crippen LogP contribution < -0.4 is 11.1 Å². The number of nitrogens with two attached hydrogens (primary N) is 1. The van der Waals surface area contributed by atoms with E-state index in [0.717, 1.165) is 57.2 Å². The Labute approximate surface area is 207 Å². The zero-order valence-corrected chi connectivity index (χ0v) is 21.9. The number of piperidine rings is 1. The second-order valence-electron chi connectivity index (χ2n) is 10.5. The van der Waals surface area contributed by atoms with Gasteiger partial charge in [0.25, 0.3) is 5.91 Å². The van der Waals surface area contributed by atoms with Gasteiger partial charge in [-0.3, -0.25) is 14.6 Å². The quantitative estimate of drug-likeness (QED) is 0.477. The number of nitrogens with zero attached hydrogens (tertiary/aromatic N) is 3. The largest absolute Gasteiger partial charge is 0.402 e. The van der Waals surface area contributed by atoms with Crippen LogP contribution in [0.2, 0.25) is 0 Å². The lowest BCUT2D eigenvalue weighted by Crippen LogP contribution is -2.38. The smallest absolute Gasteiger partial charge is 0.257 e. The molecule has 1 aromatic rings. The molecule has 1 atom stereocenters. The van der Waals surface area contributed by atoms with Crippen molar-refractivity contribution in [2.24, 2.45) is 22.1 Å². The normalized spacial score (nSPS) is 19.7. The van der Waals surface area contributed by atoms with Crippen molar-refractivity contribution >= 4 is 33.9 Å². The van der Waals surface area contributed by atoms with E-state index < -0.39 is 0 Å². The van der Waals surface area contributed by atoms with Crippen LogP contribution in [0.1, 0.15) is 76.3 Å². The first-order chi connectivity index (χ1) is 16.0. The van der Waals surface area contributed by atoms with E-state index >= 15 is 0 Å². The first-order valence-corrected chi connectivity index (χ1v) is 13.0. The predicted octanol–water partition coefficient (Wildman–Crippen LogP) is 4.42. The molecule has 34 heavy (non-hydrogen) atoms. The Bertz CT molecular complexity index is 1040. The highest BCUT2D eigenvalue weighted by molar-refractivity contribution is 7.16. The van der Waals surface area contributed by atoms with Gasteiger partial charge in [-0.1, -0.05) is 20.8 Å². The minimum Gasteiger partial charge on any atom is -0.402 e. The predicted molar refractivity (Wildman–Crippen MR) is 138 cm³/mol. The maximum absolute atomic E-state index is 13.0. The highest BCUT2D eigenvalue weighted by Gasteiger charge is 2.32. The lowest BCUT2D eigenvalue weighted by molar-refractivity contribution is -0.127. The van der Waals surface area contributed by atoms with Gasteiger partial charge < -0.3 is 16.0 Å². The van der Waals surface area contributed by atoms with Gasteiger partial charge >= 0.3 is 0 Å². The van der Waals surface area contributed by atoms with Crippen molar-refractivity contribution in [3.63, 3.8) is 0 Å². The summed E-state index contributed by atoms with van der Waals surface area (Å²) < 4.78 is 0. The Morgan fingerprint density at radius 1 is 1.24 bits per heavy atom. The Morgan fingerprint density at radius 3 is 2.50 bits per heavy atom. The van der Waals surface area contributed by atoms with Crippen LogP contribution in [0.5, 0.6) is 0 Å². The fraction of sp³-hybridized carbons (Fsp3) is 0.615. The zero-order valence-electron chi connectivity index (χ0n) is 21.1. The third-order valence-corrected chi connectivity index (χ3v) is 8.10. The molecule has 1 aliphatic carbocycles. The minimum atomic E-state index is -0.304. The molecule has 0 saturated carbocycles. The molecular weight excluding hydrogens is 446 g/mol. The maximum atomic E-state index is 13.0. The lowest BCUT2D eigenvalue weighted by Gasteiger charge is -2.33. The maximum Gasteiger partial charge on any atom is 0.257 e. The van der Waals surface area contributed by atoms with Crippen molar-refractivity contribution in [2.75, 3.05) is 25.0 Å². The Hall–Kier alpha value is -2.66. The highest BCUT2D eigenvalue weighted by atomic mass is 32.1. The van der Waals surface area contributed by atoms with Crippen molar-refractivity contribution in [3.05, 3.63) is 27.3 Å². The molecule has 1 unspecified atom stereocenters. The number of rotatable bonds is 5. The average Bonchev–Trinajstić information content (AvgIpc) is 3.13. The first kappa shape index (κ1) is 26.0. The SMILES string of the molecule is CC(=NCC(=O)Nc1sc2c(c1C#N)CCC(C(C)(C)C)C2)/C(C(=O)N1CCCCC1)=C(/C)N. The van der Waals surface area contributed by atoms with Crippen molar-refractivity contribution < 1.29 is 9.59 Å². The van der Waals surface area contributed by atoms with Crippen LogP contribution in [0.25, 0.3) is 0 Å². The van der Waals surface area contributed by atoms with E-state index in [1.54, 1.807) is 13.8 Å². The fourth-order valence-electron chi connectivity index (χ4n) is 4.83. The zero-order chi connectivity index (χ0) is 25.0. The van der Waals surface area contributed by atoms with Gasteiger partial charge in [-0.05, 0) is 69.3 Å². The average molecular weight is 484 g/mol. The monoisotopic (exact) mass is 483 g/mol. The number of anilines is 1. The summed E-state index contributed by atoms with van der Waals surface area (Å²) in [7, 11) is 0. The number of amides is 2. The molecule has 3 rings (SSSR count). The van der Waals surface area contributed by atoms with E-state index in [1.165, 1.54) is 16.2 Å². The van der Waals surface area contributed by atoms with E-state index in [4.69, 9.17) is 5.73 Å². The van der Waals surface area contributed by atoms with Gasteiger partial charge in [-0.25, -0.2) is 0 Å². The van der Waals surface area contributed by atoms with Crippen molar-refractivity contribution in [1.29, 1.82) is 5.26 Å². The van der Waals surface area contributed by atoms with Crippen molar-refractivity contribution in [1.82, 2.24) is 4.90 Å². The molecule has 1 fully saturated rings. The summed E-state index contributed by atoms with van der Waals surface area (Å²) in [5, 5.41) is 13.3. The van der Waals surface area contributed by atoms with Gasteiger partial charge in [-0.2, -0.15) is 5.26 Å². The van der Waals surface area contributed by atoms with E-state index in [1.807, 2.05) is 4.90 Å². The molecule has 0 radical (unpaired) electrons. The standard InChI is InChI=1S/C26H37N5O2S/c1-16(28)23(25(33)31-11-7-6-8-12-31)17(2)29-15-22(32)30-24-20(14-27)19-10-9-18(26(3,4)5)13-21(19)34-24/h18H,6-13,15,28H2,1-5H3,(H,30,32)/b23-16+,29-17?. The summed E-state index contributed by atoms with van der Waals surface area (Å²) in [6.45, 7) is 11.5. The summed E-state index contributed by atoms with van der Waals surface area (Å²) in [6, 6.07) is 2.30.